The Morgan fingerprint density at radius 2 is 0.269 bits per heavy atom. The molecule has 0 spiro atoms. The zero-order valence-corrected chi connectivity index (χ0v) is 58.4. The van der Waals surface area contributed by atoms with E-state index in [2.05, 4.69) is 237 Å². The molecule has 9 aromatic carbocycles. The molecule has 0 heterocycles. The maximum atomic E-state index is 2.46. The van der Waals surface area contributed by atoms with Crippen molar-refractivity contribution in [3.8, 4) is 0 Å². The highest BCUT2D eigenvalue weighted by Crippen LogP contribution is 2.43. The van der Waals surface area contributed by atoms with Gasteiger partial charge in [0, 0.05) is 0 Å². The van der Waals surface area contributed by atoms with Crippen molar-refractivity contribution >= 4 is 32.7 Å². The van der Waals surface area contributed by atoms with Crippen molar-refractivity contribution < 1.29 is 0 Å². The molecule has 6 fully saturated rings. The molecule has 0 aliphatic heterocycles. The molecule has 6 aliphatic rings. The minimum absolute atomic E-state index is 0.0278. The Labute approximate surface area is 570 Å². The molecule has 3 heteroatoms. The van der Waals surface area contributed by atoms with Crippen LogP contribution in [0.1, 0.15) is 262 Å². The first-order valence-corrected chi connectivity index (χ1v) is 40.8. The summed E-state index contributed by atoms with van der Waals surface area (Å²) in [4.78, 5) is 12.9. The van der Waals surface area contributed by atoms with Gasteiger partial charge in [0.2, 0.25) is 0 Å². The first-order valence-electron chi connectivity index (χ1n) is 37.1. The van der Waals surface area contributed by atoms with Crippen LogP contribution in [-0.2, 0) is 32.7 Å². The quantitative estimate of drug-likeness (QED) is 0.0898. The van der Waals surface area contributed by atoms with Gasteiger partial charge in [-0.1, -0.05) is 243 Å². The fourth-order valence-corrected chi connectivity index (χ4v) is 23.0. The van der Waals surface area contributed by atoms with Crippen molar-refractivity contribution in [2.45, 2.75) is 272 Å². The highest BCUT2D eigenvalue weighted by atomic mass is 32.2. The first kappa shape index (κ1) is 65.7. The van der Waals surface area contributed by atoms with Gasteiger partial charge in [0.1, 0.15) is 0 Å². The van der Waals surface area contributed by atoms with Crippen LogP contribution in [0.5, 0.6) is 0 Å². The van der Waals surface area contributed by atoms with Crippen molar-refractivity contribution in [3.05, 3.63) is 270 Å². The first-order chi connectivity index (χ1) is 46.1. The highest BCUT2D eigenvalue weighted by molar-refractivity contribution is 7.97. The van der Waals surface area contributed by atoms with Gasteiger partial charge in [-0.3, -0.25) is 0 Å². The zero-order chi connectivity index (χ0) is 62.6. The van der Waals surface area contributed by atoms with E-state index in [9.17, 15) is 0 Å². The summed E-state index contributed by atoms with van der Waals surface area (Å²) in [5.41, 5.74) is 9.32. The second-order valence-electron chi connectivity index (χ2n) is 28.3. The lowest BCUT2D eigenvalue weighted by Crippen LogP contribution is -2.09. The lowest BCUT2D eigenvalue weighted by molar-refractivity contribution is 0.443. The molecule has 0 N–H and O–H groups in total. The van der Waals surface area contributed by atoms with Gasteiger partial charge in [-0.05, 0) is 255 Å². The molecule has 93 heavy (non-hydrogen) atoms. The van der Waals surface area contributed by atoms with E-state index in [-0.39, 0.29) is 32.7 Å². The van der Waals surface area contributed by atoms with E-state index in [1.165, 1.54) is 242 Å². The Bertz CT molecular complexity index is 3320. The minimum atomic E-state index is -0.0542. The molecule has 0 unspecified atom stereocenters. The predicted octanol–water partition coefficient (Wildman–Crippen LogP) is 26.6. The number of hydrogen-bond donors (Lipinski definition) is 0. The fraction of sp³-hybridized carbons (Fsp3) is 0.400. The summed E-state index contributed by atoms with van der Waals surface area (Å²) in [6.45, 7) is 0. The minimum Gasteiger partial charge on any atom is -0.0619 e. The number of rotatable bonds is 15. The second kappa shape index (κ2) is 34.1. The van der Waals surface area contributed by atoms with Gasteiger partial charge in [0.25, 0.3) is 0 Å². The Kier molecular flexibility index (Phi) is 24.1. The van der Waals surface area contributed by atoms with Gasteiger partial charge in [-0.2, -0.15) is 0 Å². The van der Waals surface area contributed by atoms with Gasteiger partial charge in [0.15, 0.2) is 44.1 Å². The van der Waals surface area contributed by atoms with E-state index in [1.54, 1.807) is 27.8 Å². The number of hydrogen-bond acceptors (Lipinski definition) is 0. The van der Waals surface area contributed by atoms with Crippen LogP contribution in [0.3, 0.4) is 0 Å². The maximum Gasteiger partial charge on any atom is 0.166 e. The van der Waals surface area contributed by atoms with E-state index in [0.29, 0.717) is 0 Å². The largest absolute Gasteiger partial charge is 0.166 e. The second-order valence-corrected chi connectivity index (χ2v) is 34.4. The Balaban J connectivity index is 0.000000129. The molecule has 0 nitrogen and oxygen atoms in total. The van der Waals surface area contributed by atoms with Crippen LogP contribution in [-0.4, -0.2) is 0 Å². The lowest BCUT2D eigenvalue weighted by atomic mass is 9.84. The van der Waals surface area contributed by atoms with E-state index in [4.69, 9.17) is 0 Å². The summed E-state index contributed by atoms with van der Waals surface area (Å²) in [7, 11) is -0.123. The molecule has 9 aromatic rings. The molecular weight excluding hydrogens is 1180 g/mol. The van der Waals surface area contributed by atoms with Gasteiger partial charge in [-0.25, -0.2) is 0 Å². The summed E-state index contributed by atoms with van der Waals surface area (Å²) in [5, 5.41) is 0. The zero-order valence-electron chi connectivity index (χ0n) is 55.9. The average molecular weight is 1280 g/mol. The standard InChI is InChI=1S/C36H45S.C30H35S.C24H25S/c1-4-10-28(11-5-1)31-16-22-34(23-17-31)37(35-24-18-32(19-25-35)29-12-6-2-7-13-29)36-26-20-33(21-27-36)30-14-8-3-9-15-30;1-4-10-24(11-5-1)26-16-20-29(21-17-26)31(28-14-8-3-9-15-28)30-22-18-27(19-23-30)25-12-6-2-7-13-25;1-4-10-20(11-5-1)21-16-18-24(19-17-21)25(22-12-6-2-7-13-22)23-14-8-3-9-15-23/h16-30H,1-15H2;3,8-9,14-25H,1-2,4-7,10-13H2;2-3,6-9,12-20H,1,4-5,10-11H2/q3*+1. The van der Waals surface area contributed by atoms with Gasteiger partial charge in [-0.15, -0.1) is 0 Å². The van der Waals surface area contributed by atoms with Crippen molar-refractivity contribution in [3.63, 3.8) is 0 Å². The lowest BCUT2D eigenvalue weighted by Gasteiger charge is -2.23. The summed E-state index contributed by atoms with van der Waals surface area (Å²) < 4.78 is 0. The van der Waals surface area contributed by atoms with Crippen molar-refractivity contribution in [2.24, 2.45) is 0 Å². The van der Waals surface area contributed by atoms with Gasteiger partial charge in [0.05, 0.1) is 32.7 Å². The van der Waals surface area contributed by atoms with Crippen LogP contribution in [0.4, 0.5) is 0 Å². The summed E-state index contributed by atoms with van der Waals surface area (Å²) in [6, 6.07) is 91.2. The van der Waals surface area contributed by atoms with E-state index >= 15 is 0 Å². The maximum absolute atomic E-state index is 2.46. The van der Waals surface area contributed by atoms with E-state index < -0.39 is 0 Å². The smallest absolute Gasteiger partial charge is 0.0619 e. The van der Waals surface area contributed by atoms with Crippen molar-refractivity contribution in [2.75, 3.05) is 0 Å². The molecule has 0 atom stereocenters. The molecule has 480 valence electrons. The molecule has 15 rings (SSSR count). The SMILES string of the molecule is c1cc([S+](c2ccc(C3CCCCC3)cc2)c2ccc(C3CCCCC3)cc2)ccc1C1CCCCC1.c1ccc([S+](c2ccc(C3CCCCC3)cc2)c2ccc(C3CCCCC3)cc2)cc1.c1ccc([S+](c2ccccc2)c2ccc(C3CCCCC3)cc2)cc1. The third-order valence-electron chi connectivity index (χ3n) is 22.1. The van der Waals surface area contributed by atoms with Gasteiger partial charge >= 0.3 is 0 Å². The third-order valence-corrected chi connectivity index (χ3v) is 28.8. The molecule has 0 saturated heterocycles. The van der Waals surface area contributed by atoms with Crippen molar-refractivity contribution in [1.82, 2.24) is 0 Å². The normalized spacial score (nSPS) is 18.4. The predicted molar refractivity (Wildman–Crippen MR) is 399 cm³/mol. The molecule has 6 aliphatic carbocycles. The van der Waals surface area contributed by atoms with Crippen LogP contribution >= 0.6 is 0 Å². The summed E-state index contributed by atoms with van der Waals surface area (Å²) >= 11 is 0. The van der Waals surface area contributed by atoms with E-state index in [0.717, 1.165) is 35.5 Å². The summed E-state index contributed by atoms with van der Waals surface area (Å²) in [6.07, 6.45) is 41.7. The van der Waals surface area contributed by atoms with Crippen LogP contribution in [0, 0.1) is 0 Å². The fourth-order valence-electron chi connectivity index (χ4n) is 16.8. The van der Waals surface area contributed by atoms with E-state index in [1.807, 2.05) is 0 Å². The molecule has 0 bridgehead atoms. The van der Waals surface area contributed by atoms with Crippen molar-refractivity contribution in [1.29, 1.82) is 0 Å². The van der Waals surface area contributed by atoms with Crippen LogP contribution in [0.15, 0.2) is 281 Å². The molecular formula is C90H105S3+3. The van der Waals surface area contributed by atoms with Crippen LogP contribution in [0.2, 0.25) is 0 Å². The van der Waals surface area contributed by atoms with Crippen LogP contribution in [0.25, 0.3) is 0 Å². The highest BCUT2D eigenvalue weighted by Gasteiger charge is 2.33. The van der Waals surface area contributed by atoms with Gasteiger partial charge < -0.3 is 0 Å². The summed E-state index contributed by atoms with van der Waals surface area (Å²) in [5.74, 6) is 4.64. The Morgan fingerprint density at radius 1 is 0.140 bits per heavy atom. The molecule has 6 saturated carbocycles. The molecule has 0 amide bonds. The Hall–Kier alpha value is -5.97. The third kappa shape index (κ3) is 17.6. The topological polar surface area (TPSA) is 0 Å². The monoisotopic (exact) mass is 1280 g/mol. The molecule has 0 radical (unpaired) electrons. The average Bonchev–Trinajstić information content (AvgIpc) is 1.16. The Morgan fingerprint density at radius 3 is 0.409 bits per heavy atom. The number of benzene rings is 9. The molecule has 0 aromatic heterocycles. The van der Waals surface area contributed by atoms with Crippen LogP contribution < -0.4 is 0 Å².